The maximum atomic E-state index is 11.5. The third-order valence-corrected chi connectivity index (χ3v) is 3.98. The summed E-state index contributed by atoms with van der Waals surface area (Å²) in [6.45, 7) is 2.58. The van der Waals surface area contributed by atoms with Crippen molar-refractivity contribution in [1.29, 1.82) is 0 Å². The van der Waals surface area contributed by atoms with Crippen molar-refractivity contribution in [1.82, 2.24) is 4.98 Å². The number of rotatable bonds is 4. The lowest BCUT2D eigenvalue weighted by molar-refractivity contribution is 0.602. The van der Waals surface area contributed by atoms with Gasteiger partial charge in [-0.3, -0.25) is 4.98 Å². The Morgan fingerprint density at radius 2 is 1.84 bits per heavy atom. The fourth-order valence-corrected chi connectivity index (χ4v) is 2.37. The molecule has 0 aliphatic rings. The van der Waals surface area contributed by atoms with E-state index in [1.54, 1.807) is 24.5 Å². The van der Waals surface area contributed by atoms with E-state index < -0.39 is 9.84 Å². The summed E-state index contributed by atoms with van der Waals surface area (Å²) in [5.41, 5.74) is 2.94. The van der Waals surface area contributed by atoms with E-state index in [1.807, 2.05) is 25.1 Å². The van der Waals surface area contributed by atoms with Gasteiger partial charge in [-0.2, -0.15) is 0 Å². The van der Waals surface area contributed by atoms with Crippen molar-refractivity contribution >= 4 is 15.5 Å². The Labute approximate surface area is 113 Å². The molecule has 1 N–H and O–H groups in total. The van der Waals surface area contributed by atoms with Crippen molar-refractivity contribution in [2.45, 2.75) is 18.4 Å². The Morgan fingerprint density at radius 1 is 1.16 bits per heavy atom. The summed E-state index contributed by atoms with van der Waals surface area (Å²) in [6.07, 6.45) is 4.68. The van der Waals surface area contributed by atoms with Gasteiger partial charge in [-0.1, -0.05) is 6.07 Å². The van der Waals surface area contributed by atoms with Crippen LogP contribution in [-0.4, -0.2) is 19.7 Å². The number of aromatic nitrogens is 1. The number of sulfone groups is 1. The highest BCUT2D eigenvalue weighted by Gasteiger charge is 2.09. The van der Waals surface area contributed by atoms with Crippen LogP contribution in [0.15, 0.2) is 47.6 Å². The van der Waals surface area contributed by atoms with Gasteiger partial charge in [-0.15, -0.1) is 0 Å². The van der Waals surface area contributed by atoms with E-state index in [-0.39, 0.29) is 0 Å². The van der Waals surface area contributed by atoms with Crippen molar-refractivity contribution in [3.8, 4) is 0 Å². The molecule has 100 valence electrons. The smallest absolute Gasteiger partial charge is 0.175 e. The summed E-state index contributed by atoms with van der Waals surface area (Å²) in [7, 11) is -3.18. The van der Waals surface area contributed by atoms with Gasteiger partial charge in [0.1, 0.15) is 0 Å². The lowest BCUT2D eigenvalue weighted by atomic mass is 10.2. The van der Waals surface area contributed by atoms with Crippen LogP contribution in [0.3, 0.4) is 0 Å². The van der Waals surface area contributed by atoms with Crippen molar-refractivity contribution in [3.05, 3.63) is 53.9 Å². The quantitative estimate of drug-likeness (QED) is 0.931. The molecule has 4 nitrogen and oxygen atoms in total. The highest BCUT2D eigenvalue weighted by molar-refractivity contribution is 7.90. The van der Waals surface area contributed by atoms with Crippen LogP contribution >= 0.6 is 0 Å². The van der Waals surface area contributed by atoms with Crippen LogP contribution in [0.25, 0.3) is 0 Å². The fourth-order valence-electron chi connectivity index (χ4n) is 1.72. The molecule has 1 aromatic heterocycles. The molecule has 0 fully saturated rings. The zero-order valence-corrected chi connectivity index (χ0v) is 11.7. The first-order chi connectivity index (χ1) is 8.97. The first-order valence-electron chi connectivity index (χ1n) is 5.90. The highest BCUT2D eigenvalue weighted by atomic mass is 32.2. The Hall–Kier alpha value is -1.88. The number of pyridine rings is 1. The molecular formula is C14H16N2O2S. The molecule has 0 radical (unpaired) electrons. The normalized spacial score (nSPS) is 11.3. The number of hydrogen-bond donors (Lipinski definition) is 1. The molecule has 0 atom stereocenters. The highest BCUT2D eigenvalue weighted by Crippen LogP contribution is 2.20. The summed E-state index contributed by atoms with van der Waals surface area (Å²) < 4.78 is 23.1. The molecule has 19 heavy (non-hydrogen) atoms. The van der Waals surface area contributed by atoms with Gasteiger partial charge >= 0.3 is 0 Å². The van der Waals surface area contributed by atoms with E-state index >= 15 is 0 Å². The molecule has 2 rings (SSSR count). The number of aryl methyl sites for hydroxylation is 1. The molecule has 0 saturated heterocycles. The monoisotopic (exact) mass is 276 g/mol. The van der Waals surface area contributed by atoms with Crippen LogP contribution in [0, 0.1) is 6.92 Å². The van der Waals surface area contributed by atoms with Crippen LogP contribution in [0.5, 0.6) is 0 Å². The van der Waals surface area contributed by atoms with Crippen LogP contribution in [-0.2, 0) is 16.4 Å². The number of nitrogens with one attached hydrogen (secondary N) is 1. The van der Waals surface area contributed by atoms with Crippen LogP contribution in [0.4, 0.5) is 5.69 Å². The second kappa shape index (κ2) is 5.40. The van der Waals surface area contributed by atoms with E-state index in [0.29, 0.717) is 11.4 Å². The predicted octanol–water partition coefficient (Wildman–Crippen LogP) is 2.41. The van der Waals surface area contributed by atoms with E-state index in [9.17, 15) is 8.42 Å². The first kappa shape index (κ1) is 13.5. The summed E-state index contributed by atoms with van der Waals surface area (Å²) in [5, 5.41) is 3.25. The molecule has 0 aliphatic carbocycles. The van der Waals surface area contributed by atoms with E-state index in [1.165, 1.54) is 6.26 Å². The van der Waals surface area contributed by atoms with Gasteiger partial charge in [0, 0.05) is 30.9 Å². The van der Waals surface area contributed by atoms with Crippen molar-refractivity contribution < 1.29 is 8.42 Å². The standard InChI is InChI=1S/C14H16N2O2S/c1-11-3-4-13(19(2,17)18)9-14(11)16-10-12-5-7-15-8-6-12/h3-9,16H,10H2,1-2H3. The molecule has 1 aromatic carbocycles. The number of nitrogens with zero attached hydrogens (tertiary/aromatic N) is 1. The third kappa shape index (κ3) is 3.54. The molecule has 2 aromatic rings. The van der Waals surface area contributed by atoms with Crippen molar-refractivity contribution in [3.63, 3.8) is 0 Å². The summed E-state index contributed by atoms with van der Waals surface area (Å²) in [5.74, 6) is 0. The van der Waals surface area contributed by atoms with E-state index in [2.05, 4.69) is 10.3 Å². The van der Waals surface area contributed by atoms with Gasteiger partial charge < -0.3 is 5.32 Å². The van der Waals surface area contributed by atoms with Crippen molar-refractivity contribution in [2.24, 2.45) is 0 Å². The maximum Gasteiger partial charge on any atom is 0.175 e. The fraction of sp³-hybridized carbons (Fsp3) is 0.214. The maximum absolute atomic E-state index is 11.5. The second-order valence-electron chi connectivity index (χ2n) is 4.46. The summed E-state index contributed by atoms with van der Waals surface area (Å²) in [4.78, 5) is 4.29. The molecule has 1 heterocycles. The van der Waals surface area contributed by atoms with Crippen LogP contribution < -0.4 is 5.32 Å². The average Bonchev–Trinajstić information content (AvgIpc) is 2.37. The number of hydrogen-bond acceptors (Lipinski definition) is 4. The van der Waals surface area contributed by atoms with E-state index in [0.717, 1.165) is 16.8 Å². The molecule has 0 bridgehead atoms. The van der Waals surface area contributed by atoms with Crippen LogP contribution in [0.2, 0.25) is 0 Å². The Balaban J connectivity index is 2.21. The molecule has 0 saturated carbocycles. The first-order valence-corrected chi connectivity index (χ1v) is 7.79. The largest absolute Gasteiger partial charge is 0.381 e. The average molecular weight is 276 g/mol. The summed E-state index contributed by atoms with van der Waals surface area (Å²) >= 11 is 0. The van der Waals surface area contributed by atoms with Gasteiger partial charge in [0.25, 0.3) is 0 Å². The van der Waals surface area contributed by atoms with Gasteiger partial charge in [0.15, 0.2) is 9.84 Å². The number of benzene rings is 1. The number of anilines is 1. The SMILES string of the molecule is Cc1ccc(S(C)(=O)=O)cc1NCc1ccncc1. The van der Waals surface area contributed by atoms with Gasteiger partial charge in [0.2, 0.25) is 0 Å². The molecule has 0 spiro atoms. The lowest BCUT2D eigenvalue weighted by Crippen LogP contribution is -2.03. The predicted molar refractivity (Wildman–Crippen MR) is 75.9 cm³/mol. The molecule has 0 aliphatic heterocycles. The summed E-state index contributed by atoms with van der Waals surface area (Å²) in [6, 6.07) is 8.95. The Morgan fingerprint density at radius 3 is 2.47 bits per heavy atom. The third-order valence-electron chi connectivity index (χ3n) is 2.87. The van der Waals surface area contributed by atoms with Gasteiger partial charge in [-0.25, -0.2) is 8.42 Å². The molecule has 5 heteroatoms. The van der Waals surface area contributed by atoms with E-state index in [4.69, 9.17) is 0 Å². The minimum atomic E-state index is -3.18. The molecular weight excluding hydrogens is 260 g/mol. The van der Waals surface area contributed by atoms with Gasteiger partial charge in [0.05, 0.1) is 4.90 Å². The lowest BCUT2D eigenvalue weighted by Gasteiger charge is -2.11. The minimum Gasteiger partial charge on any atom is -0.381 e. The molecule has 0 unspecified atom stereocenters. The zero-order chi connectivity index (χ0) is 13.9. The Kier molecular flexibility index (Phi) is 3.85. The Bertz CT molecular complexity index is 667. The topological polar surface area (TPSA) is 59.1 Å². The minimum absolute atomic E-state index is 0.329. The van der Waals surface area contributed by atoms with Crippen molar-refractivity contribution in [2.75, 3.05) is 11.6 Å². The van der Waals surface area contributed by atoms with Gasteiger partial charge in [-0.05, 0) is 42.3 Å². The van der Waals surface area contributed by atoms with Crippen LogP contribution in [0.1, 0.15) is 11.1 Å². The molecule has 0 amide bonds. The second-order valence-corrected chi connectivity index (χ2v) is 6.47. The zero-order valence-electron chi connectivity index (χ0n) is 10.9.